The van der Waals surface area contributed by atoms with Gasteiger partial charge in [0.25, 0.3) is 0 Å². The molecule has 0 amide bonds. The van der Waals surface area contributed by atoms with E-state index in [-0.39, 0.29) is 10.8 Å². The number of thioether (sulfide) groups is 1. The van der Waals surface area contributed by atoms with Crippen LogP contribution in [0, 0.1) is 0 Å². The summed E-state index contributed by atoms with van der Waals surface area (Å²) in [5.74, 6) is 1.01. The summed E-state index contributed by atoms with van der Waals surface area (Å²) in [5, 5.41) is -0.299. The molecule has 2 N–H and O–H groups in total. The molecule has 2 unspecified atom stereocenters. The van der Waals surface area contributed by atoms with E-state index in [2.05, 4.69) is 11.2 Å². The summed E-state index contributed by atoms with van der Waals surface area (Å²) < 4.78 is 23.8. The van der Waals surface area contributed by atoms with Crippen molar-refractivity contribution in [3.05, 3.63) is 0 Å². The standard InChI is InChI=1S/C11H24N2O2S2/c1-13(7-8-16-2)11(9-12)6-4-5-10(11)17(3,14)15/h10H,4-9,12H2,1-3H3. The highest BCUT2D eigenvalue weighted by Crippen LogP contribution is 2.38. The van der Waals surface area contributed by atoms with Gasteiger partial charge in [0.2, 0.25) is 0 Å². The second-order valence-electron chi connectivity index (χ2n) is 4.93. The Morgan fingerprint density at radius 2 is 2.18 bits per heavy atom. The van der Waals surface area contributed by atoms with Crippen LogP contribution in [0.2, 0.25) is 0 Å². The number of rotatable bonds is 6. The van der Waals surface area contributed by atoms with Gasteiger partial charge in [0.1, 0.15) is 0 Å². The van der Waals surface area contributed by atoms with E-state index in [0.29, 0.717) is 6.54 Å². The lowest BCUT2D eigenvalue weighted by Gasteiger charge is -2.42. The van der Waals surface area contributed by atoms with Crippen LogP contribution in [-0.4, -0.2) is 62.5 Å². The number of sulfone groups is 1. The molecule has 0 aliphatic heterocycles. The molecule has 6 heteroatoms. The number of nitrogens with zero attached hydrogens (tertiary/aromatic N) is 1. The summed E-state index contributed by atoms with van der Waals surface area (Å²) >= 11 is 1.77. The molecule has 0 aromatic rings. The van der Waals surface area contributed by atoms with Gasteiger partial charge in [-0.15, -0.1) is 0 Å². The molecule has 1 rings (SSSR count). The summed E-state index contributed by atoms with van der Waals surface area (Å²) in [6.45, 7) is 1.32. The first-order valence-electron chi connectivity index (χ1n) is 5.97. The number of likely N-dealkylation sites (N-methyl/N-ethyl adjacent to an activating group) is 1. The zero-order valence-electron chi connectivity index (χ0n) is 11.0. The minimum Gasteiger partial charge on any atom is -0.329 e. The van der Waals surface area contributed by atoms with E-state index >= 15 is 0 Å². The molecule has 0 spiro atoms. The molecular formula is C11H24N2O2S2. The van der Waals surface area contributed by atoms with Gasteiger partial charge in [-0.05, 0) is 26.1 Å². The highest BCUT2D eigenvalue weighted by Gasteiger charge is 2.49. The van der Waals surface area contributed by atoms with Crippen LogP contribution in [0.15, 0.2) is 0 Å². The van der Waals surface area contributed by atoms with Crippen molar-refractivity contribution in [2.24, 2.45) is 5.73 Å². The summed E-state index contributed by atoms with van der Waals surface area (Å²) in [6, 6.07) is 0. The van der Waals surface area contributed by atoms with E-state index in [1.54, 1.807) is 11.8 Å². The molecule has 4 nitrogen and oxygen atoms in total. The average molecular weight is 280 g/mol. The minimum absolute atomic E-state index is 0.299. The lowest BCUT2D eigenvalue weighted by Crippen LogP contribution is -2.59. The van der Waals surface area contributed by atoms with Crippen LogP contribution in [0.4, 0.5) is 0 Å². The molecule has 0 aromatic carbocycles. The molecule has 0 bridgehead atoms. The molecule has 1 aliphatic rings. The van der Waals surface area contributed by atoms with Crippen LogP contribution >= 0.6 is 11.8 Å². The SMILES string of the molecule is CSCCN(C)C1(CN)CCCC1S(C)(=O)=O. The Morgan fingerprint density at radius 3 is 2.65 bits per heavy atom. The highest BCUT2D eigenvalue weighted by molar-refractivity contribution is 7.98. The predicted octanol–water partition coefficient (Wildman–Crippen LogP) is 0.576. The molecule has 1 saturated carbocycles. The van der Waals surface area contributed by atoms with Crippen molar-refractivity contribution in [2.45, 2.75) is 30.1 Å². The Morgan fingerprint density at radius 1 is 1.53 bits per heavy atom. The fourth-order valence-electron chi connectivity index (χ4n) is 2.91. The molecule has 0 aromatic heterocycles. The van der Waals surface area contributed by atoms with Crippen molar-refractivity contribution in [3.63, 3.8) is 0 Å². The third-order valence-corrected chi connectivity index (χ3v) is 6.24. The Kier molecular flexibility index (Phi) is 5.31. The maximum absolute atomic E-state index is 11.9. The summed E-state index contributed by atoms with van der Waals surface area (Å²) in [5.41, 5.74) is 5.57. The first kappa shape index (κ1) is 15.3. The van der Waals surface area contributed by atoms with Crippen LogP contribution in [-0.2, 0) is 9.84 Å². The smallest absolute Gasteiger partial charge is 0.152 e. The highest BCUT2D eigenvalue weighted by atomic mass is 32.2. The van der Waals surface area contributed by atoms with E-state index in [1.165, 1.54) is 6.26 Å². The Labute approximate surface area is 109 Å². The molecule has 0 heterocycles. The maximum Gasteiger partial charge on any atom is 0.152 e. The van der Waals surface area contributed by atoms with Crippen molar-refractivity contribution in [2.75, 3.05) is 38.4 Å². The minimum atomic E-state index is -3.02. The summed E-state index contributed by atoms with van der Waals surface area (Å²) in [7, 11) is -1.01. The normalized spacial score (nSPS) is 30.1. The number of hydrogen-bond donors (Lipinski definition) is 1. The predicted molar refractivity (Wildman–Crippen MR) is 75.3 cm³/mol. The monoisotopic (exact) mass is 280 g/mol. The fraction of sp³-hybridized carbons (Fsp3) is 1.00. The van der Waals surface area contributed by atoms with Gasteiger partial charge in [-0.3, -0.25) is 4.90 Å². The van der Waals surface area contributed by atoms with Crippen LogP contribution in [0.5, 0.6) is 0 Å². The number of nitrogens with two attached hydrogens (primary N) is 1. The van der Waals surface area contributed by atoms with Gasteiger partial charge in [-0.2, -0.15) is 11.8 Å². The van der Waals surface area contributed by atoms with Gasteiger partial charge < -0.3 is 5.73 Å². The van der Waals surface area contributed by atoms with E-state index in [0.717, 1.165) is 31.6 Å². The molecule has 2 atom stereocenters. The van der Waals surface area contributed by atoms with Crippen molar-refractivity contribution >= 4 is 21.6 Å². The van der Waals surface area contributed by atoms with Gasteiger partial charge in [0.15, 0.2) is 9.84 Å². The second-order valence-corrected chi connectivity index (χ2v) is 8.15. The summed E-state index contributed by atoms with van der Waals surface area (Å²) in [4.78, 5) is 2.17. The van der Waals surface area contributed by atoms with Crippen LogP contribution in [0.25, 0.3) is 0 Å². The zero-order valence-corrected chi connectivity index (χ0v) is 12.6. The van der Waals surface area contributed by atoms with Gasteiger partial charge in [-0.25, -0.2) is 8.42 Å². The van der Waals surface area contributed by atoms with E-state index in [1.807, 2.05) is 7.05 Å². The quantitative estimate of drug-likeness (QED) is 0.771. The molecular weight excluding hydrogens is 256 g/mol. The maximum atomic E-state index is 11.9. The van der Waals surface area contributed by atoms with Crippen molar-refractivity contribution in [3.8, 4) is 0 Å². The lowest BCUT2D eigenvalue weighted by molar-refractivity contribution is 0.143. The fourth-order valence-corrected chi connectivity index (χ4v) is 5.15. The second kappa shape index (κ2) is 5.91. The Balaban J connectivity index is 2.93. The molecule has 1 aliphatic carbocycles. The van der Waals surface area contributed by atoms with Gasteiger partial charge in [0.05, 0.1) is 5.25 Å². The zero-order chi connectivity index (χ0) is 13.1. The van der Waals surface area contributed by atoms with Gasteiger partial charge in [0, 0.05) is 30.6 Å². The first-order chi connectivity index (χ1) is 7.88. The van der Waals surface area contributed by atoms with E-state index < -0.39 is 9.84 Å². The van der Waals surface area contributed by atoms with Gasteiger partial charge in [-0.1, -0.05) is 6.42 Å². The topological polar surface area (TPSA) is 63.4 Å². The summed E-state index contributed by atoms with van der Waals surface area (Å²) in [6.07, 6.45) is 6.01. The molecule has 1 fully saturated rings. The Hall–Kier alpha value is 0.220. The van der Waals surface area contributed by atoms with Crippen LogP contribution < -0.4 is 5.73 Å². The van der Waals surface area contributed by atoms with E-state index in [9.17, 15) is 8.42 Å². The third kappa shape index (κ3) is 3.16. The number of hydrogen-bond acceptors (Lipinski definition) is 5. The van der Waals surface area contributed by atoms with E-state index in [4.69, 9.17) is 5.73 Å². The average Bonchev–Trinajstić information content (AvgIpc) is 2.70. The van der Waals surface area contributed by atoms with Crippen molar-refractivity contribution in [1.82, 2.24) is 4.90 Å². The molecule has 0 radical (unpaired) electrons. The van der Waals surface area contributed by atoms with Crippen molar-refractivity contribution < 1.29 is 8.42 Å². The van der Waals surface area contributed by atoms with Gasteiger partial charge >= 0.3 is 0 Å². The van der Waals surface area contributed by atoms with Crippen molar-refractivity contribution in [1.29, 1.82) is 0 Å². The molecule has 17 heavy (non-hydrogen) atoms. The largest absolute Gasteiger partial charge is 0.329 e. The van der Waals surface area contributed by atoms with Crippen LogP contribution in [0.1, 0.15) is 19.3 Å². The molecule has 102 valence electrons. The third-order valence-electron chi connectivity index (χ3n) is 3.94. The van der Waals surface area contributed by atoms with Crippen LogP contribution in [0.3, 0.4) is 0 Å². The molecule has 0 saturated heterocycles. The Bertz CT molecular complexity index is 345. The first-order valence-corrected chi connectivity index (χ1v) is 9.32. The lowest BCUT2D eigenvalue weighted by atomic mass is 9.95.